The SMILES string of the molecule is CNc1nc(-c2cnccn2)nc2c(OC)cc(-c3ccccc3)cc12. The van der Waals surface area contributed by atoms with Gasteiger partial charge < -0.3 is 10.1 Å². The van der Waals surface area contributed by atoms with Gasteiger partial charge in [-0.05, 0) is 23.3 Å². The van der Waals surface area contributed by atoms with Crippen LogP contribution in [0.25, 0.3) is 33.5 Å². The van der Waals surface area contributed by atoms with Crippen LogP contribution in [0, 0.1) is 0 Å². The van der Waals surface area contributed by atoms with Crippen LogP contribution in [0.3, 0.4) is 0 Å². The number of benzene rings is 2. The third-order valence-corrected chi connectivity index (χ3v) is 4.12. The molecule has 6 heteroatoms. The molecule has 0 saturated heterocycles. The Kier molecular flexibility index (Phi) is 4.15. The summed E-state index contributed by atoms with van der Waals surface area (Å²) in [7, 11) is 3.48. The van der Waals surface area contributed by atoms with E-state index in [4.69, 9.17) is 4.74 Å². The van der Waals surface area contributed by atoms with Crippen LogP contribution in [0.1, 0.15) is 0 Å². The van der Waals surface area contributed by atoms with Crippen molar-refractivity contribution in [3.05, 3.63) is 61.1 Å². The molecule has 2 aromatic heterocycles. The van der Waals surface area contributed by atoms with Crippen LogP contribution in [0.4, 0.5) is 5.82 Å². The lowest BCUT2D eigenvalue weighted by atomic mass is 10.0. The largest absolute Gasteiger partial charge is 0.494 e. The molecule has 0 aliphatic carbocycles. The maximum atomic E-state index is 5.63. The van der Waals surface area contributed by atoms with Gasteiger partial charge in [-0.2, -0.15) is 0 Å². The maximum absolute atomic E-state index is 5.63. The van der Waals surface area contributed by atoms with Gasteiger partial charge in [0.1, 0.15) is 22.8 Å². The van der Waals surface area contributed by atoms with Crippen molar-refractivity contribution in [2.24, 2.45) is 0 Å². The van der Waals surface area contributed by atoms with Gasteiger partial charge in [0.2, 0.25) is 0 Å². The van der Waals surface area contributed by atoms with E-state index in [1.165, 1.54) is 0 Å². The monoisotopic (exact) mass is 343 g/mol. The molecule has 0 fully saturated rings. The molecular formula is C20H17N5O. The van der Waals surface area contributed by atoms with Gasteiger partial charge >= 0.3 is 0 Å². The van der Waals surface area contributed by atoms with Crippen molar-refractivity contribution in [2.45, 2.75) is 0 Å². The highest BCUT2D eigenvalue weighted by molar-refractivity contribution is 5.97. The maximum Gasteiger partial charge on any atom is 0.182 e. The van der Waals surface area contributed by atoms with E-state index in [1.807, 2.05) is 31.3 Å². The molecule has 4 rings (SSSR count). The van der Waals surface area contributed by atoms with Crippen LogP contribution in [0.2, 0.25) is 0 Å². The van der Waals surface area contributed by atoms with Crippen LogP contribution in [-0.2, 0) is 0 Å². The summed E-state index contributed by atoms with van der Waals surface area (Å²) in [6, 6.07) is 14.2. The third kappa shape index (κ3) is 2.82. The second kappa shape index (κ2) is 6.76. The van der Waals surface area contributed by atoms with Crippen molar-refractivity contribution in [1.82, 2.24) is 19.9 Å². The zero-order chi connectivity index (χ0) is 17.9. The van der Waals surface area contributed by atoms with Crippen LogP contribution >= 0.6 is 0 Å². The predicted octanol–water partition coefficient (Wildman–Crippen LogP) is 3.80. The Morgan fingerprint density at radius 1 is 0.962 bits per heavy atom. The molecule has 0 amide bonds. The summed E-state index contributed by atoms with van der Waals surface area (Å²) in [6.45, 7) is 0. The lowest BCUT2D eigenvalue weighted by molar-refractivity contribution is 0.419. The van der Waals surface area contributed by atoms with Crippen molar-refractivity contribution in [1.29, 1.82) is 0 Å². The molecule has 2 aromatic carbocycles. The average Bonchev–Trinajstić information content (AvgIpc) is 2.73. The lowest BCUT2D eigenvalue weighted by Crippen LogP contribution is -2.01. The number of aromatic nitrogens is 4. The molecule has 26 heavy (non-hydrogen) atoms. The number of nitrogens with zero attached hydrogens (tertiary/aromatic N) is 4. The molecular weight excluding hydrogens is 326 g/mol. The molecule has 128 valence electrons. The van der Waals surface area contributed by atoms with E-state index in [2.05, 4.69) is 43.5 Å². The Morgan fingerprint density at radius 2 is 1.81 bits per heavy atom. The summed E-state index contributed by atoms with van der Waals surface area (Å²) in [4.78, 5) is 17.7. The van der Waals surface area contributed by atoms with Gasteiger partial charge in [0, 0.05) is 24.8 Å². The molecule has 0 bridgehead atoms. The minimum atomic E-state index is 0.501. The second-order valence-corrected chi connectivity index (χ2v) is 5.68. The van der Waals surface area contributed by atoms with Crippen LogP contribution < -0.4 is 10.1 Å². The quantitative estimate of drug-likeness (QED) is 0.607. The fourth-order valence-electron chi connectivity index (χ4n) is 2.87. The molecule has 0 saturated carbocycles. The summed E-state index contributed by atoms with van der Waals surface area (Å²) < 4.78 is 5.63. The van der Waals surface area contributed by atoms with Crippen LogP contribution in [0.15, 0.2) is 61.1 Å². The predicted molar refractivity (Wildman–Crippen MR) is 102 cm³/mol. The van der Waals surface area contributed by atoms with E-state index in [0.29, 0.717) is 23.1 Å². The zero-order valence-corrected chi connectivity index (χ0v) is 14.5. The number of fused-ring (bicyclic) bond motifs is 1. The first-order chi connectivity index (χ1) is 12.8. The normalized spacial score (nSPS) is 10.7. The fraction of sp³-hybridized carbons (Fsp3) is 0.100. The standard InChI is InChI=1S/C20H17N5O/c1-21-19-15-10-14(13-6-4-3-5-7-13)11-17(26-2)18(15)24-20(25-19)16-12-22-8-9-23-16/h3-12H,1-2H3,(H,21,24,25). The zero-order valence-electron chi connectivity index (χ0n) is 14.5. The minimum Gasteiger partial charge on any atom is -0.494 e. The molecule has 0 atom stereocenters. The molecule has 0 radical (unpaired) electrons. The van der Waals surface area contributed by atoms with Gasteiger partial charge in [-0.15, -0.1) is 0 Å². The van der Waals surface area contributed by atoms with Crippen molar-refractivity contribution in [2.75, 3.05) is 19.5 Å². The van der Waals surface area contributed by atoms with Gasteiger partial charge in [-0.25, -0.2) is 15.0 Å². The molecule has 0 aliphatic heterocycles. The Hall–Kier alpha value is -3.54. The topological polar surface area (TPSA) is 72.8 Å². The molecule has 0 spiro atoms. The molecule has 0 aliphatic rings. The number of anilines is 1. The van der Waals surface area contributed by atoms with E-state index < -0.39 is 0 Å². The molecule has 4 aromatic rings. The average molecular weight is 343 g/mol. The van der Waals surface area contributed by atoms with Gasteiger partial charge in [0.25, 0.3) is 0 Å². The molecule has 6 nitrogen and oxygen atoms in total. The van der Waals surface area contributed by atoms with Gasteiger partial charge in [-0.3, -0.25) is 4.98 Å². The van der Waals surface area contributed by atoms with Crippen LogP contribution in [-0.4, -0.2) is 34.1 Å². The Balaban J connectivity index is 1.98. The Morgan fingerprint density at radius 3 is 2.50 bits per heavy atom. The number of hydrogen-bond acceptors (Lipinski definition) is 6. The van der Waals surface area contributed by atoms with Crippen molar-refractivity contribution >= 4 is 16.7 Å². The highest BCUT2D eigenvalue weighted by Crippen LogP contribution is 2.35. The molecule has 1 N–H and O–H groups in total. The summed E-state index contributed by atoms with van der Waals surface area (Å²) in [5.74, 6) is 1.90. The van der Waals surface area contributed by atoms with E-state index >= 15 is 0 Å². The van der Waals surface area contributed by atoms with E-state index in [9.17, 15) is 0 Å². The highest BCUT2D eigenvalue weighted by Gasteiger charge is 2.15. The van der Waals surface area contributed by atoms with Crippen molar-refractivity contribution in [3.63, 3.8) is 0 Å². The van der Waals surface area contributed by atoms with Gasteiger partial charge in [0.05, 0.1) is 13.3 Å². The summed E-state index contributed by atoms with van der Waals surface area (Å²) in [5, 5.41) is 4.04. The van der Waals surface area contributed by atoms with Crippen LogP contribution in [0.5, 0.6) is 5.75 Å². The fourth-order valence-corrected chi connectivity index (χ4v) is 2.87. The third-order valence-electron chi connectivity index (χ3n) is 4.12. The summed E-state index contributed by atoms with van der Waals surface area (Å²) >= 11 is 0. The first-order valence-electron chi connectivity index (χ1n) is 8.19. The molecule has 2 heterocycles. The smallest absolute Gasteiger partial charge is 0.182 e. The second-order valence-electron chi connectivity index (χ2n) is 5.68. The first-order valence-corrected chi connectivity index (χ1v) is 8.19. The Bertz CT molecular complexity index is 965. The summed E-state index contributed by atoms with van der Waals surface area (Å²) in [5.41, 5.74) is 3.49. The minimum absolute atomic E-state index is 0.501. The van der Waals surface area contributed by atoms with Crippen molar-refractivity contribution in [3.8, 4) is 28.4 Å². The highest BCUT2D eigenvalue weighted by atomic mass is 16.5. The van der Waals surface area contributed by atoms with Crippen molar-refractivity contribution < 1.29 is 4.74 Å². The summed E-state index contributed by atoms with van der Waals surface area (Å²) in [6.07, 6.45) is 4.89. The number of rotatable bonds is 4. The number of hydrogen-bond donors (Lipinski definition) is 1. The van der Waals surface area contributed by atoms with Gasteiger partial charge in [0.15, 0.2) is 5.82 Å². The Labute approximate surface area is 150 Å². The van der Waals surface area contributed by atoms with E-state index in [-0.39, 0.29) is 0 Å². The number of ether oxygens (including phenoxy) is 1. The molecule has 0 unspecified atom stereocenters. The number of nitrogens with one attached hydrogen (secondary N) is 1. The first kappa shape index (κ1) is 16.0. The van der Waals surface area contributed by atoms with E-state index in [1.54, 1.807) is 25.7 Å². The van der Waals surface area contributed by atoms with Gasteiger partial charge in [-0.1, -0.05) is 30.3 Å². The lowest BCUT2D eigenvalue weighted by Gasteiger charge is -2.13. The number of methoxy groups -OCH3 is 1. The van der Waals surface area contributed by atoms with E-state index in [0.717, 1.165) is 22.0 Å².